The van der Waals surface area contributed by atoms with Gasteiger partial charge in [-0.3, -0.25) is 0 Å². The number of halogens is 1. The molecule has 1 aliphatic rings. The Balaban J connectivity index is 2.00. The van der Waals surface area contributed by atoms with Crippen LogP contribution in [0.3, 0.4) is 0 Å². The average molecular weight is 397 g/mol. The summed E-state index contributed by atoms with van der Waals surface area (Å²) in [6.07, 6.45) is -0.0549. The number of alkyl halides is 1. The normalized spacial score (nSPS) is 26.7. The maximum absolute atomic E-state index is 15.8. The number of hydrogen-bond acceptors (Lipinski definition) is 4. The van der Waals surface area contributed by atoms with Crippen molar-refractivity contribution in [2.45, 2.75) is 37.2 Å². The van der Waals surface area contributed by atoms with Crippen molar-refractivity contribution in [2.75, 3.05) is 6.61 Å². The van der Waals surface area contributed by atoms with Crippen LogP contribution in [0.1, 0.15) is 23.9 Å². The number of nitrogens with zero attached hydrogens (tertiary/aromatic N) is 2. The summed E-state index contributed by atoms with van der Waals surface area (Å²) in [6.45, 7) is 3.28. The van der Waals surface area contributed by atoms with Crippen LogP contribution in [0.4, 0.5) is 4.39 Å². The van der Waals surface area contributed by atoms with E-state index in [9.17, 15) is 9.90 Å². The molecule has 3 atom stereocenters. The molecule has 1 saturated heterocycles. The zero-order valence-electron chi connectivity index (χ0n) is 13.5. The van der Waals surface area contributed by atoms with E-state index in [1.807, 2.05) is 37.3 Å². The summed E-state index contributed by atoms with van der Waals surface area (Å²) in [6, 6.07) is 9.33. The fraction of sp³-hybridized carbons (Fsp3) is 0.412. The second-order valence-electron chi connectivity index (χ2n) is 5.90. The number of aliphatic hydroxyl groups is 1. The third-order valence-corrected chi connectivity index (χ3v) is 6.62. The third-order valence-electron chi connectivity index (χ3n) is 4.07. The molecule has 1 N–H and O–H groups in total. The average Bonchev–Trinajstić information content (AvgIpc) is 2.88. The van der Waals surface area contributed by atoms with Crippen molar-refractivity contribution >= 4 is 19.4 Å². The van der Waals surface area contributed by atoms with E-state index in [0.717, 1.165) is 10.0 Å². The van der Waals surface area contributed by atoms with E-state index in [1.165, 1.54) is 4.57 Å². The molecule has 0 aliphatic carbocycles. The molecular weight excluding hydrogens is 378 g/mol. The SMILES string of the molecule is Cc1cn(C2O[C@H](CO)CC2(F)[Se]c2ccccc2)c(=O)nc1C. The van der Waals surface area contributed by atoms with Crippen molar-refractivity contribution in [1.82, 2.24) is 9.55 Å². The van der Waals surface area contributed by atoms with Gasteiger partial charge < -0.3 is 0 Å². The van der Waals surface area contributed by atoms with Gasteiger partial charge in [-0.15, -0.1) is 0 Å². The van der Waals surface area contributed by atoms with Crippen LogP contribution in [0.5, 0.6) is 0 Å². The van der Waals surface area contributed by atoms with E-state index >= 15 is 4.39 Å². The molecule has 0 bridgehead atoms. The molecule has 128 valence electrons. The molecular formula is C17H19FN2O3Se. The zero-order valence-corrected chi connectivity index (χ0v) is 15.2. The van der Waals surface area contributed by atoms with Gasteiger partial charge >= 0.3 is 145 Å². The summed E-state index contributed by atoms with van der Waals surface area (Å²) in [5.74, 6) is 0. The first kappa shape index (κ1) is 17.3. The van der Waals surface area contributed by atoms with Crippen molar-refractivity contribution in [1.29, 1.82) is 0 Å². The van der Waals surface area contributed by atoms with Gasteiger partial charge in [0.25, 0.3) is 0 Å². The van der Waals surface area contributed by atoms with Gasteiger partial charge in [0.2, 0.25) is 0 Å². The molecule has 1 aromatic carbocycles. The molecule has 1 fully saturated rings. The Bertz CT molecular complexity index is 783. The molecule has 1 aliphatic heterocycles. The number of aromatic nitrogens is 2. The van der Waals surface area contributed by atoms with Gasteiger partial charge in [0.05, 0.1) is 0 Å². The van der Waals surface area contributed by atoms with Crippen molar-refractivity contribution in [3.8, 4) is 0 Å². The van der Waals surface area contributed by atoms with Crippen molar-refractivity contribution < 1.29 is 14.2 Å². The Morgan fingerprint density at radius 2 is 2.12 bits per heavy atom. The summed E-state index contributed by atoms with van der Waals surface area (Å²) < 4.78 is 21.9. The maximum atomic E-state index is 15.8. The molecule has 0 spiro atoms. The summed E-state index contributed by atoms with van der Waals surface area (Å²) in [7, 11) is 0. The number of aliphatic hydroxyl groups excluding tert-OH is 1. The Morgan fingerprint density at radius 3 is 2.79 bits per heavy atom. The first-order valence-electron chi connectivity index (χ1n) is 7.68. The molecule has 2 heterocycles. The summed E-state index contributed by atoms with van der Waals surface area (Å²) >= 11 is -0.568. The van der Waals surface area contributed by atoms with Crippen molar-refractivity contribution in [3.63, 3.8) is 0 Å². The van der Waals surface area contributed by atoms with Crippen LogP contribution in [-0.2, 0) is 4.74 Å². The van der Waals surface area contributed by atoms with Gasteiger partial charge in [0, 0.05) is 0 Å². The van der Waals surface area contributed by atoms with Gasteiger partial charge in [-0.25, -0.2) is 0 Å². The Kier molecular flexibility index (Phi) is 4.87. The van der Waals surface area contributed by atoms with E-state index in [-0.39, 0.29) is 13.0 Å². The quantitative estimate of drug-likeness (QED) is 0.777. The molecule has 3 rings (SSSR count). The van der Waals surface area contributed by atoms with Gasteiger partial charge in [0.1, 0.15) is 0 Å². The molecule has 24 heavy (non-hydrogen) atoms. The van der Waals surface area contributed by atoms with Gasteiger partial charge in [-0.1, -0.05) is 0 Å². The van der Waals surface area contributed by atoms with Gasteiger partial charge in [-0.2, -0.15) is 0 Å². The Labute approximate surface area is 145 Å². The standard InChI is InChI=1S/C17H19FN2O3Se/c1-11-9-20(16(22)19-12(11)2)15-17(18,8-13(10-21)23-15)24-14-6-4-3-5-7-14/h3-7,9,13,15,21H,8,10H2,1-2H3/t13-,15?,17?/m0/s1. The van der Waals surface area contributed by atoms with E-state index in [4.69, 9.17) is 4.74 Å². The van der Waals surface area contributed by atoms with Crippen LogP contribution in [0.15, 0.2) is 41.3 Å². The predicted molar refractivity (Wildman–Crippen MR) is 89.3 cm³/mol. The Hall–Kier alpha value is -1.53. The van der Waals surface area contributed by atoms with Crippen LogP contribution >= 0.6 is 0 Å². The topological polar surface area (TPSA) is 64.3 Å². The molecule has 0 saturated carbocycles. The summed E-state index contributed by atoms with van der Waals surface area (Å²) in [5.41, 5.74) is 0.874. The molecule has 2 aromatic rings. The predicted octanol–water partition coefficient (Wildman–Crippen LogP) is 0.835. The van der Waals surface area contributed by atoms with Crippen LogP contribution in [0.25, 0.3) is 0 Å². The van der Waals surface area contributed by atoms with E-state index < -0.39 is 37.5 Å². The van der Waals surface area contributed by atoms with Crippen LogP contribution in [0, 0.1) is 13.8 Å². The van der Waals surface area contributed by atoms with Crippen LogP contribution in [-0.4, -0.2) is 46.9 Å². The minimum atomic E-state index is -1.73. The fourth-order valence-corrected chi connectivity index (χ4v) is 5.28. The van der Waals surface area contributed by atoms with Crippen LogP contribution < -0.4 is 10.2 Å². The van der Waals surface area contributed by atoms with E-state index in [2.05, 4.69) is 4.98 Å². The van der Waals surface area contributed by atoms with Gasteiger partial charge in [0.15, 0.2) is 0 Å². The Morgan fingerprint density at radius 1 is 1.42 bits per heavy atom. The number of benzene rings is 1. The third kappa shape index (κ3) is 3.30. The first-order chi connectivity index (χ1) is 11.4. The molecule has 0 radical (unpaired) electrons. The first-order valence-corrected chi connectivity index (χ1v) is 9.40. The molecule has 5 nitrogen and oxygen atoms in total. The number of ether oxygens (including phenoxy) is 1. The van der Waals surface area contributed by atoms with Crippen molar-refractivity contribution in [3.05, 3.63) is 58.3 Å². The van der Waals surface area contributed by atoms with Crippen molar-refractivity contribution in [2.24, 2.45) is 0 Å². The summed E-state index contributed by atoms with van der Waals surface area (Å²) in [5, 5.41) is 9.41. The van der Waals surface area contributed by atoms with Gasteiger partial charge in [-0.05, 0) is 0 Å². The molecule has 2 unspecified atom stereocenters. The van der Waals surface area contributed by atoms with E-state index in [1.54, 1.807) is 13.1 Å². The number of hydrogen-bond donors (Lipinski definition) is 1. The van der Waals surface area contributed by atoms with Crippen LogP contribution in [0.2, 0.25) is 0 Å². The zero-order chi connectivity index (χ0) is 17.3. The monoisotopic (exact) mass is 398 g/mol. The molecule has 7 heteroatoms. The minimum absolute atomic E-state index is 0.0580. The summed E-state index contributed by atoms with van der Waals surface area (Å²) in [4.78, 5) is 16.2. The second-order valence-corrected chi connectivity index (χ2v) is 8.74. The van der Waals surface area contributed by atoms with E-state index in [0.29, 0.717) is 5.69 Å². The molecule has 1 aromatic heterocycles. The second kappa shape index (κ2) is 6.76. The molecule has 0 amide bonds. The number of aryl methyl sites for hydroxylation is 2. The fourth-order valence-electron chi connectivity index (χ4n) is 2.72. The number of rotatable bonds is 4.